The van der Waals surface area contributed by atoms with E-state index in [4.69, 9.17) is 4.98 Å². The van der Waals surface area contributed by atoms with Crippen LogP contribution in [-0.4, -0.2) is 4.98 Å². The van der Waals surface area contributed by atoms with E-state index in [0.29, 0.717) is 0 Å². The van der Waals surface area contributed by atoms with Crippen molar-refractivity contribution >= 4 is 32.3 Å². The van der Waals surface area contributed by atoms with E-state index < -0.39 is 0 Å². The van der Waals surface area contributed by atoms with Crippen LogP contribution in [0, 0.1) is 6.92 Å². The fourth-order valence-electron chi connectivity index (χ4n) is 6.65. The van der Waals surface area contributed by atoms with Gasteiger partial charge in [0.2, 0.25) is 0 Å². The molecule has 0 aliphatic carbocycles. The molecule has 0 fully saturated rings. The number of benzene rings is 7. The van der Waals surface area contributed by atoms with Gasteiger partial charge in [-0.3, -0.25) is 4.98 Å². The molecule has 0 bridgehead atoms. The lowest BCUT2D eigenvalue weighted by Crippen LogP contribution is -1.93. The summed E-state index contributed by atoms with van der Waals surface area (Å²) in [4.78, 5) is 4.81. The Morgan fingerprint density at radius 1 is 0.349 bits per heavy atom. The second-order valence-electron chi connectivity index (χ2n) is 11.2. The monoisotopic (exact) mass is 547 g/mol. The van der Waals surface area contributed by atoms with Crippen LogP contribution in [0.4, 0.5) is 0 Å². The first-order valence-corrected chi connectivity index (χ1v) is 14.8. The van der Waals surface area contributed by atoms with E-state index in [9.17, 15) is 0 Å². The summed E-state index contributed by atoms with van der Waals surface area (Å²) in [6.07, 6.45) is 0. The minimum absolute atomic E-state index is 0.997. The fraction of sp³-hybridized carbons (Fsp3) is 0.0238. The molecule has 8 aromatic rings. The van der Waals surface area contributed by atoms with Gasteiger partial charge in [-0.05, 0) is 90.8 Å². The van der Waals surface area contributed by atoms with E-state index >= 15 is 0 Å². The molecule has 0 amide bonds. The second-order valence-corrected chi connectivity index (χ2v) is 11.2. The van der Waals surface area contributed by atoms with Gasteiger partial charge in [-0.15, -0.1) is 0 Å². The van der Waals surface area contributed by atoms with Crippen LogP contribution in [0.3, 0.4) is 0 Å². The zero-order chi connectivity index (χ0) is 28.8. The van der Waals surface area contributed by atoms with Crippen molar-refractivity contribution in [2.24, 2.45) is 0 Å². The van der Waals surface area contributed by atoms with Gasteiger partial charge in [-0.1, -0.05) is 140 Å². The Kier molecular flexibility index (Phi) is 6.09. The van der Waals surface area contributed by atoms with E-state index in [2.05, 4.69) is 152 Å². The fourth-order valence-corrected chi connectivity index (χ4v) is 6.65. The zero-order valence-electron chi connectivity index (χ0n) is 24.0. The predicted molar refractivity (Wildman–Crippen MR) is 183 cm³/mol. The third kappa shape index (κ3) is 4.29. The van der Waals surface area contributed by atoms with Crippen LogP contribution in [0.15, 0.2) is 158 Å². The third-order valence-electron chi connectivity index (χ3n) is 8.55. The second kappa shape index (κ2) is 10.4. The smallest absolute Gasteiger partial charge is 0.0705 e. The van der Waals surface area contributed by atoms with Crippen LogP contribution in [0.5, 0.6) is 0 Å². The van der Waals surface area contributed by atoms with Crippen molar-refractivity contribution in [3.63, 3.8) is 0 Å². The van der Waals surface area contributed by atoms with Gasteiger partial charge in [0, 0.05) is 11.3 Å². The maximum Gasteiger partial charge on any atom is 0.0705 e. The molecule has 0 aliphatic heterocycles. The molecule has 0 aliphatic rings. The summed E-state index contributed by atoms with van der Waals surface area (Å²) >= 11 is 0. The molecule has 0 N–H and O–H groups in total. The molecular weight excluding hydrogens is 518 g/mol. The van der Waals surface area contributed by atoms with Crippen LogP contribution in [0.2, 0.25) is 0 Å². The Balaban J connectivity index is 1.43. The van der Waals surface area contributed by atoms with E-state index in [-0.39, 0.29) is 0 Å². The summed E-state index contributed by atoms with van der Waals surface area (Å²) in [5.74, 6) is 0. The average molecular weight is 548 g/mol. The van der Waals surface area contributed by atoms with Gasteiger partial charge < -0.3 is 0 Å². The van der Waals surface area contributed by atoms with Crippen LogP contribution < -0.4 is 0 Å². The molecule has 0 spiro atoms. The molecular formula is C42H29N. The van der Waals surface area contributed by atoms with Crippen molar-refractivity contribution in [2.45, 2.75) is 6.92 Å². The number of fused-ring (bicyclic) bond motifs is 3. The van der Waals surface area contributed by atoms with Gasteiger partial charge >= 0.3 is 0 Å². The van der Waals surface area contributed by atoms with Gasteiger partial charge in [0.25, 0.3) is 0 Å². The first kappa shape index (κ1) is 25.2. The minimum atomic E-state index is 0.997. The van der Waals surface area contributed by atoms with Gasteiger partial charge in [-0.25, -0.2) is 0 Å². The van der Waals surface area contributed by atoms with Gasteiger partial charge in [-0.2, -0.15) is 0 Å². The minimum Gasteiger partial charge on any atom is -0.253 e. The maximum absolute atomic E-state index is 4.81. The molecule has 0 atom stereocenters. The highest BCUT2D eigenvalue weighted by Crippen LogP contribution is 2.46. The van der Waals surface area contributed by atoms with Crippen molar-refractivity contribution in [2.75, 3.05) is 0 Å². The molecule has 8 rings (SSSR count). The molecule has 7 aromatic carbocycles. The van der Waals surface area contributed by atoms with Crippen molar-refractivity contribution in [3.8, 4) is 44.6 Å². The largest absolute Gasteiger partial charge is 0.253 e. The molecule has 0 radical (unpaired) electrons. The third-order valence-corrected chi connectivity index (χ3v) is 8.55. The average Bonchev–Trinajstić information content (AvgIpc) is 3.07. The quantitative estimate of drug-likeness (QED) is 0.200. The lowest BCUT2D eigenvalue weighted by atomic mass is 9.83. The molecule has 1 heteroatoms. The highest BCUT2D eigenvalue weighted by molar-refractivity contribution is 6.24. The van der Waals surface area contributed by atoms with Crippen molar-refractivity contribution in [1.29, 1.82) is 0 Å². The topological polar surface area (TPSA) is 12.9 Å². The SMILES string of the molecule is Cc1cccc(-c2cccc(-c3c4ccccc4c(-c4ccc(-c5ccccc5)c5ccccc45)c4ccccc34)c2)n1. The van der Waals surface area contributed by atoms with Crippen LogP contribution in [0.1, 0.15) is 5.69 Å². The number of hydrogen-bond donors (Lipinski definition) is 0. The Morgan fingerprint density at radius 2 is 0.837 bits per heavy atom. The Labute approximate surface area is 251 Å². The summed E-state index contributed by atoms with van der Waals surface area (Å²) in [6, 6.07) is 57.0. The molecule has 43 heavy (non-hydrogen) atoms. The number of rotatable bonds is 4. The molecule has 0 unspecified atom stereocenters. The molecule has 1 heterocycles. The standard InChI is InChI=1S/C42H29N/c1-28-13-11-24-40(43-28)30-16-12-17-31(27-30)41-35-20-7-9-22-37(35)42(38-23-10-8-21-36(38)41)39-26-25-32(29-14-3-2-4-15-29)33-18-5-6-19-34(33)39/h2-27H,1H3. The van der Waals surface area contributed by atoms with Crippen LogP contribution in [0.25, 0.3) is 77.0 Å². The zero-order valence-corrected chi connectivity index (χ0v) is 24.0. The number of hydrogen-bond acceptors (Lipinski definition) is 1. The Bertz CT molecular complexity index is 2240. The lowest BCUT2D eigenvalue weighted by Gasteiger charge is -2.20. The number of aromatic nitrogens is 1. The van der Waals surface area contributed by atoms with Crippen LogP contribution >= 0.6 is 0 Å². The summed E-state index contributed by atoms with van der Waals surface area (Å²) in [7, 11) is 0. The van der Waals surface area contributed by atoms with E-state index in [1.54, 1.807) is 0 Å². The lowest BCUT2D eigenvalue weighted by molar-refractivity contribution is 1.21. The summed E-state index contributed by atoms with van der Waals surface area (Å²) in [6.45, 7) is 2.04. The van der Waals surface area contributed by atoms with E-state index in [1.165, 1.54) is 65.7 Å². The molecule has 1 nitrogen and oxygen atoms in total. The van der Waals surface area contributed by atoms with Crippen LogP contribution in [-0.2, 0) is 0 Å². The van der Waals surface area contributed by atoms with Crippen molar-refractivity contribution in [1.82, 2.24) is 4.98 Å². The number of nitrogens with zero attached hydrogens (tertiary/aromatic N) is 1. The van der Waals surface area contributed by atoms with E-state index in [0.717, 1.165) is 17.0 Å². The Morgan fingerprint density at radius 3 is 1.49 bits per heavy atom. The molecule has 1 aromatic heterocycles. The number of aryl methyl sites for hydroxylation is 1. The van der Waals surface area contributed by atoms with Gasteiger partial charge in [0.05, 0.1) is 5.69 Å². The number of pyridine rings is 1. The van der Waals surface area contributed by atoms with Gasteiger partial charge in [0.1, 0.15) is 0 Å². The summed E-state index contributed by atoms with van der Waals surface area (Å²) in [5, 5.41) is 7.55. The van der Waals surface area contributed by atoms with Crippen molar-refractivity contribution in [3.05, 3.63) is 163 Å². The Hall–Kier alpha value is -5.53. The van der Waals surface area contributed by atoms with Gasteiger partial charge in [0.15, 0.2) is 0 Å². The normalized spacial score (nSPS) is 11.4. The van der Waals surface area contributed by atoms with E-state index in [1.807, 2.05) is 13.0 Å². The maximum atomic E-state index is 4.81. The first-order valence-electron chi connectivity index (χ1n) is 14.8. The summed E-state index contributed by atoms with van der Waals surface area (Å²) in [5.41, 5.74) is 10.6. The summed E-state index contributed by atoms with van der Waals surface area (Å²) < 4.78 is 0. The molecule has 0 saturated carbocycles. The highest BCUT2D eigenvalue weighted by atomic mass is 14.7. The highest BCUT2D eigenvalue weighted by Gasteiger charge is 2.19. The first-order chi connectivity index (χ1) is 21.3. The van der Waals surface area contributed by atoms with Crippen molar-refractivity contribution < 1.29 is 0 Å². The predicted octanol–water partition coefficient (Wildman–Crippen LogP) is 11.5. The molecule has 202 valence electrons. The molecule has 0 saturated heterocycles.